The molecule has 1 fully saturated rings. The number of hydrogen-bond donors (Lipinski definition) is 2. The van der Waals surface area contributed by atoms with Crippen LogP contribution in [-0.2, 0) is 51.8 Å². The normalized spacial score (nSPS) is 19.4. The molecule has 1 unspecified atom stereocenters. The van der Waals surface area contributed by atoms with Crippen LogP contribution in [0.1, 0.15) is 19.6 Å². The van der Waals surface area contributed by atoms with E-state index in [4.69, 9.17) is 23.5 Å². The fraction of sp³-hybridized carbons (Fsp3) is 0.455. The highest BCUT2D eigenvalue weighted by Crippen LogP contribution is 2.42. The first-order valence-electron chi connectivity index (χ1n) is 11.6. The summed E-state index contributed by atoms with van der Waals surface area (Å²) in [7, 11) is -0.635. The van der Waals surface area contributed by atoms with Crippen LogP contribution in [0.5, 0.6) is 0 Å². The van der Waals surface area contributed by atoms with Gasteiger partial charge in [0.1, 0.15) is 30.8 Å². The van der Waals surface area contributed by atoms with E-state index in [0.29, 0.717) is 0 Å². The Kier molecular flexibility index (Phi) is 10.6. The topological polar surface area (TPSA) is 211 Å². The molecule has 19 heteroatoms. The molecule has 0 bridgehead atoms. The second kappa shape index (κ2) is 13.7. The molecule has 3 atom stereocenters. The van der Waals surface area contributed by atoms with Gasteiger partial charge in [-0.05, 0) is 12.1 Å². The van der Waals surface area contributed by atoms with E-state index in [2.05, 4.69) is 19.5 Å². The number of ether oxygens (including phenoxy) is 3. The summed E-state index contributed by atoms with van der Waals surface area (Å²) in [6.45, 7) is 1.87. The van der Waals surface area contributed by atoms with E-state index in [1.165, 1.54) is 32.4 Å². The molecule has 41 heavy (non-hydrogen) atoms. The first-order valence-corrected chi connectivity index (χ1v) is 14.2. The van der Waals surface area contributed by atoms with E-state index in [1.54, 1.807) is 0 Å². The summed E-state index contributed by atoms with van der Waals surface area (Å²) in [6, 6.07) is 1.93. The third kappa shape index (κ3) is 7.46. The lowest BCUT2D eigenvalue weighted by Crippen LogP contribution is -2.71. The van der Waals surface area contributed by atoms with Crippen LogP contribution in [0.25, 0.3) is 0 Å². The monoisotopic (exact) mass is 618 g/mol. The molecule has 3 rings (SSSR count). The predicted octanol–water partition coefficient (Wildman–Crippen LogP) is 0.864. The first-order chi connectivity index (χ1) is 19.4. The van der Waals surface area contributed by atoms with Gasteiger partial charge in [-0.1, -0.05) is 5.16 Å². The van der Waals surface area contributed by atoms with Gasteiger partial charge in [-0.3, -0.25) is 28.3 Å². The van der Waals surface area contributed by atoms with Gasteiger partial charge in [-0.2, -0.15) is 0 Å². The molecular formula is C22H27N4O13PS. The van der Waals surface area contributed by atoms with Crippen molar-refractivity contribution in [2.75, 3.05) is 33.7 Å². The van der Waals surface area contributed by atoms with E-state index in [9.17, 15) is 28.5 Å². The molecule has 0 radical (unpaired) electrons. The van der Waals surface area contributed by atoms with Crippen LogP contribution in [-0.4, -0.2) is 91.9 Å². The Bertz CT molecular complexity index is 1290. The van der Waals surface area contributed by atoms with Gasteiger partial charge in [0.2, 0.25) is 12.0 Å². The van der Waals surface area contributed by atoms with Crippen molar-refractivity contribution in [3.63, 3.8) is 0 Å². The van der Waals surface area contributed by atoms with Gasteiger partial charge in [0.25, 0.3) is 11.8 Å². The first kappa shape index (κ1) is 31.7. The number of furan rings is 1. The fourth-order valence-corrected chi connectivity index (χ4v) is 5.57. The number of hydrogen-bond acceptors (Lipinski definition) is 15. The Balaban J connectivity index is 1.81. The Morgan fingerprint density at radius 2 is 1.93 bits per heavy atom. The average molecular weight is 619 g/mol. The van der Waals surface area contributed by atoms with Gasteiger partial charge in [-0.15, -0.1) is 11.8 Å². The highest BCUT2D eigenvalue weighted by molar-refractivity contribution is 8.00. The van der Waals surface area contributed by atoms with Gasteiger partial charge in [-0.25, -0.2) is 19.2 Å². The number of thioether (sulfide) groups is 1. The van der Waals surface area contributed by atoms with E-state index >= 15 is 0 Å². The van der Waals surface area contributed by atoms with Gasteiger partial charge in [0.05, 0.1) is 6.26 Å². The minimum Gasteiger partial charge on any atom is -0.462 e. The Labute approximate surface area is 237 Å². The number of esters is 2. The van der Waals surface area contributed by atoms with Crippen LogP contribution in [0.4, 0.5) is 4.79 Å². The van der Waals surface area contributed by atoms with E-state index in [0.717, 1.165) is 37.8 Å². The number of fused-ring (bicyclic) bond motifs is 1. The average Bonchev–Trinajstić information content (AvgIpc) is 3.46. The number of nitrogens with one attached hydrogen (secondary N) is 2. The lowest BCUT2D eigenvalue weighted by Gasteiger charge is -2.49. The van der Waals surface area contributed by atoms with Gasteiger partial charge >= 0.3 is 25.8 Å². The zero-order valence-corrected chi connectivity index (χ0v) is 24.1. The number of amides is 3. The van der Waals surface area contributed by atoms with Gasteiger partial charge in [0.15, 0.2) is 5.76 Å². The van der Waals surface area contributed by atoms with Crippen molar-refractivity contribution in [3.05, 3.63) is 35.4 Å². The SMILES string of the molecule is CO/N=C(/C(=O)N[C@@H]1C(=O)N2C(C(=O)OC(C)OC(C)=O)=C(COC(=O)NP(=O)(OC)OC)CS[C@H]12)c1ccco1. The molecule has 224 valence electrons. The Hall–Kier alpha value is -3.86. The van der Waals surface area contributed by atoms with E-state index in [1.807, 2.05) is 5.09 Å². The van der Waals surface area contributed by atoms with Crippen LogP contribution in [0, 0.1) is 0 Å². The van der Waals surface area contributed by atoms with Crippen molar-refractivity contribution in [2.24, 2.45) is 5.16 Å². The quantitative estimate of drug-likeness (QED) is 0.0831. The van der Waals surface area contributed by atoms with Crippen LogP contribution >= 0.6 is 19.5 Å². The summed E-state index contributed by atoms with van der Waals surface area (Å²) in [6.07, 6.45) is -1.18. The van der Waals surface area contributed by atoms with Crippen molar-refractivity contribution in [3.8, 4) is 0 Å². The van der Waals surface area contributed by atoms with Crippen molar-refractivity contribution in [2.45, 2.75) is 31.6 Å². The third-order valence-electron chi connectivity index (χ3n) is 5.37. The highest BCUT2D eigenvalue weighted by atomic mass is 32.2. The predicted molar refractivity (Wildman–Crippen MR) is 138 cm³/mol. The smallest absolute Gasteiger partial charge is 0.437 e. The number of carbonyl (C=O) groups excluding carboxylic acids is 5. The second-order valence-corrected chi connectivity index (χ2v) is 11.1. The zero-order chi connectivity index (χ0) is 30.3. The standard InChI is InChI=1S/C22H27N4O13PS/c1-11(27)38-12(2)39-21(30)17-13(9-37-22(31)25-40(32,34-4)35-5)10-41-20-16(19(29)26(17)20)23-18(28)15(24-33-3)14-7-6-8-36-14/h6-8,12,16,20H,9-10H2,1-5H3,(H,23,28)(H,25,31,32)/b24-15+/t12?,16-,20-/m1/s1. The second-order valence-electron chi connectivity index (χ2n) is 8.05. The molecule has 3 heterocycles. The maximum atomic E-state index is 13.2. The molecule has 2 aliphatic rings. The number of rotatable bonds is 12. The van der Waals surface area contributed by atoms with Crippen molar-refractivity contribution in [1.82, 2.24) is 15.3 Å². The highest BCUT2D eigenvalue weighted by Gasteiger charge is 2.55. The van der Waals surface area contributed by atoms with Gasteiger partial charge < -0.3 is 28.8 Å². The van der Waals surface area contributed by atoms with Crippen molar-refractivity contribution in [1.29, 1.82) is 0 Å². The minimum atomic E-state index is -3.96. The molecule has 0 aliphatic carbocycles. The molecule has 1 saturated heterocycles. The number of oxime groups is 1. The molecule has 0 aromatic carbocycles. The summed E-state index contributed by atoms with van der Waals surface area (Å²) in [5.41, 5.74) is -0.365. The van der Waals surface area contributed by atoms with Crippen LogP contribution < -0.4 is 10.4 Å². The molecule has 2 N–H and O–H groups in total. The van der Waals surface area contributed by atoms with E-state index < -0.39 is 61.9 Å². The molecule has 0 spiro atoms. The van der Waals surface area contributed by atoms with Crippen LogP contribution in [0.2, 0.25) is 0 Å². The largest absolute Gasteiger partial charge is 0.462 e. The summed E-state index contributed by atoms with van der Waals surface area (Å²) in [5, 5.41) is 7.37. The summed E-state index contributed by atoms with van der Waals surface area (Å²) < 4.78 is 41.6. The summed E-state index contributed by atoms with van der Waals surface area (Å²) >= 11 is 1.15. The lowest BCUT2D eigenvalue weighted by atomic mass is 10.0. The molecule has 2 aliphatic heterocycles. The van der Waals surface area contributed by atoms with Crippen LogP contribution in [0.3, 0.4) is 0 Å². The van der Waals surface area contributed by atoms with Crippen LogP contribution in [0.15, 0.2) is 39.2 Å². The molecule has 17 nitrogen and oxygen atoms in total. The molecule has 0 saturated carbocycles. The van der Waals surface area contributed by atoms with E-state index in [-0.39, 0.29) is 28.5 Å². The zero-order valence-electron chi connectivity index (χ0n) is 22.4. The molecule has 1 aromatic heterocycles. The third-order valence-corrected chi connectivity index (χ3v) is 8.13. The van der Waals surface area contributed by atoms with Gasteiger partial charge in [0, 0.05) is 39.4 Å². The van der Waals surface area contributed by atoms with Crippen molar-refractivity contribution < 1.29 is 61.1 Å². The maximum absolute atomic E-state index is 13.2. The minimum absolute atomic E-state index is 0.0455. The molecular weight excluding hydrogens is 591 g/mol. The molecule has 1 aromatic rings. The Morgan fingerprint density at radius 1 is 1.22 bits per heavy atom. The summed E-state index contributed by atoms with van der Waals surface area (Å²) in [5.74, 6) is -3.10. The number of carbonyl (C=O) groups is 5. The lowest BCUT2D eigenvalue weighted by molar-refractivity contribution is -0.182. The Morgan fingerprint density at radius 3 is 2.51 bits per heavy atom. The number of β-lactam (4-membered cyclic amide) rings is 1. The fourth-order valence-electron chi connectivity index (χ4n) is 3.62. The number of nitrogens with zero attached hydrogens (tertiary/aromatic N) is 2. The van der Waals surface area contributed by atoms with Crippen molar-refractivity contribution >= 4 is 55.1 Å². The maximum Gasteiger partial charge on any atom is 0.437 e. The molecule has 3 amide bonds. The summed E-state index contributed by atoms with van der Waals surface area (Å²) in [4.78, 5) is 68.5.